The average molecular weight is 209 g/mol. The minimum Gasteiger partial charge on any atom is -0.197 e. The van der Waals surface area contributed by atoms with Crippen LogP contribution in [-0.4, -0.2) is 10.5 Å². The van der Waals surface area contributed by atoms with Gasteiger partial charge in [-0.25, -0.2) is 0 Å². The topological polar surface area (TPSA) is 23.8 Å². The summed E-state index contributed by atoms with van der Waals surface area (Å²) in [4.78, 5) is 0. The summed E-state index contributed by atoms with van der Waals surface area (Å²) in [6.45, 7) is 2.16. The molecule has 0 aromatic carbocycles. The first kappa shape index (κ1) is 10.4. The summed E-state index contributed by atoms with van der Waals surface area (Å²) in [5.41, 5.74) is 0.593. The van der Waals surface area contributed by atoms with Crippen molar-refractivity contribution in [1.82, 2.24) is 0 Å². The number of thioether (sulfide) groups is 1. The molecule has 1 spiro atoms. The lowest BCUT2D eigenvalue weighted by atomic mass is 9.56. The summed E-state index contributed by atoms with van der Waals surface area (Å²) >= 11 is 1.87. The lowest BCUT2D eigenvalue weighted by Crippen LogP contribution is -2.49. The first-order valence-corrected chi connectivity index (χ1v) is 6.78. The molecule has 0 atom stereocenters. The van der Waals surface area contributed by atoms with Crippen LogP contribution in [0.2, 0.25) is 0 Å². The third kappa shape index (κ3) is 1.67. The maximum Gasteiger partial charge on any atom is 0.103 e. The SMILES string of the molecule is CCSC1(C#N)CC2(CCCCC2)C1. The lowest BCUT2D eigenvalue weighted by Gasteiger charge is -2.54. The summed E-state index contributed by atoms with van der Waals surface area (Å²) < 4.78 is 0.00604. The van der Waals surface area contributed by atoms with E-state index in [0.29, 0.717) is 5.41 Å². The minimum absolute atomic E-state index is 0.00604. The van der Waals surface area contributed by atoms with Gasteiger partial charge in [-0.3, -0.25) is 0 Å². The van der Waals surface area contributed by atoms with E-state index in [9.17, 15) is 5.26 Å². The molecule has 0 radical (unpaired) electrons. The molecule has 0 heterocycles. The second kappa shape index (κ2) is 3.77. The molecule has 2 fully saturated rings. The van der Waals surface area contributed by atoms with Gasteiger partial charge < -0.3 is 0 Å². The third-order valence-corrected chi connectivity index (χ3v) is 5.08. The van der Waals surface area contributed by atoms with Gasteiger partial charge in [0.05, 0.1) is 6.07 Å². The molecule has 0 aliphatic heterocycles. The molecule has 2 rings (SSSR count). The van der Waals surface area contributed by atoms with E-state index >= 15 is 0 Å². The standard InChI is InChI=1S/C12H19NS/c1-2-14-12(10-13)8-11(9-12)6-4-3-5-7-11/h2-9H2,1H3. The summed E-state index contributed by atoms with van der Waals surface area (Å²) in [7, 11) is 0. The molecule has 0 N–H and O–H groups in total. The molecule has 0 unspecified atom stereocenters. The fraction of sp³-hybridized carbons (Fsp3) is 0.917. The van der Waals surface area contributed by atoms with Gasteiger partial charge in [0, 0.05) is 0 Å². The Morgan fingerprint density at radius 3 is 2.36 bits per heavy atom. The van der Waals surface area contributed by atoms with E-state index < -0.39 is 0 Å². The van der Waals surface area contributed by atoms with Crippen LogP contribution in [0.4, 0.5) is 0 Å². The van der Waals surface area contributed by atoms with Crippen molar-refractivity contribution < 1.29 is 0 Å². The van der Waals surface area contributed by atoms with Crippen molar-refractivity contribution in [3.05, 3.63) is 0 Å². The zero-order valence-corrected chi connectivity index (χ0v) is 9.83. The van der Waals surface area contributed by atoms with Crippen LogP contribution in [0.15, 0.2) is 0 Å². The summed E-state index contributed by atoms with van der Waals surface area (Å²) in [5, 5.41) is 9.21. The monoisotopic (exact) mass is 209 g/mol. The van der Waals surface area contributed by atoms with E-state index in [1.54, 1.807) is 0 Å². The van der Waals surface area contributed by atoms with E-state index in [1.807, 2.05) is 11.8 Å². The van der Waals surface area contributed by atoms with Gasteiger partial charge >= 0.3 is 0 Å². The molecular weight excluding hydrogens is 190 g/mol. The van der Waals surface area contributed by atoms with Crippen LogP contribution < -0.4 is 0 Å². The Hall–Kier alpha value is -0.160. The molecule has 0 aromatic rings. The molecule has 2 saturated carbocycles. The van der Waals surface area contributed by atoms with E-state index in [-0.39, 0.29) is 4.75 Å². The molecule has 0 bridgehead atoms. The van der Waals surface area contributed by atoms with E-state index in [0.717, 1.165) is 5.75 Å². The van der Waals surface area contributed by atoms with E-state index in [2.05, 4.69) is 13.0 Å². The van der Waals surface area contributed by atoms with Crippen molar-refractivity contribution in [2.75, 3.05) is 5.75 Å². The molecular formula is C12H19NS. The second-order valence-corrected chi connectivity index (χ2v) is 6.60. The first-order chi connectivity index (χ1) is 6.74. The highest BCUT2D eigenvalue weighted by Gasteiger charge is 2.54. The highest BCUT2D eigenvalue weighted by Crippen LogP contribution is 2.61. The molecule has 0 saturated heterocycles. The van der Waals surface area contributed by atoms with Crippen LogP contribution in [0.3, 0.4) is 0 Å². The van der Waals surface area contributed by atoms with Crippen molar-refractivity contribution in [1.29, 1.82) is 5.26 Å². The molecule has 78 valence electrons. The van der Waals surface area contributed by atoms with Crippen LogP contribution >= 0.6 is 11.8 Å². The van der Waals surface area contributed by atoms with Crippen molar-refractivity contribution >= 4 is 11.8 Å². The van der Waals surface area contributed by atoms with Crippen LogP contribution in [0, 0.1) is 16.7 Å². The molecule has 0 aromatic heterocycles. The maximum absolute atomic E-state index is 9.21. The average Bonchev–Trinajstić information content (AvgIpc) is 2.17. The van der Waals surface area contributed by atoms with Gasteiger partial charge in [-0.05, 0) is 36.9 Å². The fourth-order valence-corrected chi connectivity index (χ4v) is 4.74. The Labute approximate surface area is 91.3 Å². The van der Waals surface area contributed by atoms with Crippen molar-refractivity contribution in [3.63, 3.8) is 0 Å². The predicted molar refractivity (Wildman–Crippen MR) is 61.2 cm³/mol. The molecule has 0 amide bonds. The van der Waals surface area contributed by atoms with Gasteiger partial charge in [0.15, 0.2) is 0 Å². The number of nitriles is 1. The minimum atomic E-state index is 0.00604. The van der Waals surface area contributed by atoms with Gasteiger partial charge in [0.25, 0.3) is 0 Å². The Morgan fingerprint density at radius 2 is 1.86 bits per heavy atom. The van der Waals surface area contributed by atoms with Gasteiger partial charge in [0.2, 0.25) is 0 Å². The lowest BCUT2D eigenvalue weighted by molar-refractivity contribution is 0.0593. The molecule has 2 aliphatic carbocycles. The fourth-order valence-electron chi connectivity index (χ4n) is 3.30. The normalized spacial score (nSPS) is 28.0. The zero-order chi connectivity index (χ0) is 10.1. The van der Waals surface area contributed by atoms with Gasteiger partial charge in [0.1, 0.15) is 4.75 Å². The molecule has 14 heavy (non-hydrogen) atoms. The van der Waals surface area contributed by atoms with Gasteiger partial charge in [-0.15, -0.1) is 11.8 Å². The Morgan fingerprint density at radius 1 is 1.21 bits per heavy atom. The zero-order valence-electron chi connectivity index (χ0n) is 9.01. The van der Waals surface area contributed by atoms with Crippen LogP contribution in [0.25, 0.3) is 0 Å². The summed E-state index contributed by atoms with van der Waals surface area (Å²) in [6, 6.07) is 2.55. The van der Waals surface area contributed by atoms with Crippen molar-refractivity contribution in [3.8, 4) is 6.07 Å². The Kier molecular flexibility index (Phi) is 2.79. The number of rotatable bonds is 2. The quantitative estimate of drug-likeness (QED) is 0.691. The molecule has 2 heteroatoms. The number of hydrogen-bond acceptors (Lipinski definition) is 2. The highest BCUT2D eigenvalue weighted by atomic mass is 32.2. The number of nitrogens with zero attached hydrogens (tertiary/aromatic N) is 1. The second-order valence-electron chi connectivity index (χ2n) is 4.95. The van der Waals surface area contributed by atoms with E-state index in [4.69, 9.17) is 0 Å². The van der Waals surface area contributed by atoms with Gasteiger partial charge in [-0.1, -0.05) is 26.2 Å². The van der Waals surface area contributed by atoms with Crippen LogP contribution in [-0.2, 0) is 0 Å². The molecule has 2 aliphatic rings. The van der Waals surface area contributed by atoms with Crippen LogP contribution in [0.1, 0.15) is 51.9 Å². The molecule has 1 nitrogen and oxygen atoms in total. The third-order valence-electron chi connectivity index (χ3n) is 3.86. The van der Waals surface area contributed by atoms with E-state index in [1.165, 1.54) is 44.9 Å². The summed E-state index contributed by atoms with van der Waals surface area (Å²) in [6.07, 6.45) is 9.35. The van der Waals surface area contributed by atoms with Crippen LogP contribution in [0.5, 0.6) is 0 Å². The highest BCUT2D eigenvalue weighted by molar-refractivity contribution is 8.00. The number of hydrogen-bond donors (Lipinski definition) is 0. The Bertz CT molecular complexity index is 240. The Balaban J connectivity index is 1.95. The first-order valence-electron chi connectivity index (χ1n) is 5.79. The van der Waals surface area contributed by atoms with Crippen molar-refractivity contribution in [2.24, 2.45) is 5.41 Å². The van der Waals surface area contributed by atoms with Crippen molar-refractivity contribution in [2.45, 2.75) is 56.6 Å². The summed E-state index contributed by atoms with van der Waals surface area (Å²) in [5.74, 6) is 1.09. The largest absolute Gasteiger partial charge is 0.197 e. The smallest absolute Gasteiger partial charge is 0.103 e. The van der Waals surface area contributed by atoms with Gasteiger partial charge in [-0.2, -0.15) is 5.26 Å². The predicted octanol–water partition coefficient (Wildman–Crippen LogP) is 3.75. The maximum atomic E-state index is 9.21.